The third kappa shape index (κ3) is 4.83. The van der Waals surface area contributed by atoms with E-state index in [1.54, 1.807) is 38.1 Å². The van der Waals surface area contributed by atoms with Crippen LogP contribution in [0.1, 0.15) is 35.3 Å². The second-order valence-corrected chi connectivity index (χ2v) is 5.78. The van der Waals surface area contributed by atoms with Crippen LogP contribution in [0, 0.1) is 13.8 Å². The van der Waals surface area contributed by atoms with Gasteiger partial charge in [-0.1, -0.05) is 29.8 Å². The van der Waals surface area contributed by atoms with E-state index in [4.69, 9.17) is 9.47 Å². The van der Waals surface area contributed by atoms with E-state index in [0.29, 0.717) is 17.0 Å². The van der Waals surface area contributed by atoms with E-state index in [1.807, 2.05) is 32.0 Å². The molecule has 0 aliphatic carbocycles. The third-order valence-electron chi connectivity index (χ3n) is 3.68. The number of hydrogen-bond donors (Lipinski definition) is 1. The van der Waals surface area contributed by atoms with Crippen molar-refractivity contribution in [3.8, 4) is 5.75 Å². The molecule has 132 valence electrons. The first-order valence-electron chi connectivity index (χ1n) is 8.23. The minimum Gasteiger partial charge on any atom is -0.481 e. The number of aryl methyl sites for hydroxylation is 2. The smallest absolute Gasteiger partial charge is 0.340 e. The quantitative estimate of drug-likeness (QED) is 0.810. The molecule has 0 aliphatic rings. The van der Waals surface area contributed by atoms with Crippen LogP contribution in [0.25, 0.3) is 0 Å². The van der Waals surface area contributed by atoms with Gasteiger partial charge in [-0.15, -0.1) is 0 Å². The van der Waals surface area contributed by atoms with E-state index in [0.717, 1.165) is 11.1 Å². The normalized spacial score (nSPS) is 11.5. The summed E-state index contributed by atoms with van der Waals surface area (Å²) >= 11 is 0. The lowest BCUT2D eigenvalue weighted by Crippen LogP contribution is -2.31. The fourth-order valence-electron chi connectivity index (χ4n) is 2.39. The summed E-state index contributed by atoms with van der Waals surface area (Å²) in [5, 5.41) is 2.74. The zero-order chi connectivity index (χ0) is 18.4. The summed E-state index contributed by atoms with van der Waals surface area (Å²) in [6.07, 6.45) is -0.711. The van der Waals surface area contributed by atoms with Gasteiger partial charge in [0.25, 0.3) is 5.91 Å². The van der Waals surface area contributed by atoms with Crippen LogP contribution in [0.3, 0.4) is 0 Å². The summed E-state index contributed by atoms with van der Waals surface area (Å²) in [4.78, 5) is 24.4. The standard InChI is InChI=1S/C20H23NO4/c1-5-24-20(23)16-8-6-7-9-17(16)21-19(22)15(4)25-18-11-10-13(2)12-14(18)3/h6-12,15H,5H2,1-4H3,(H,21,22). The number of esters is 1. The lowest BCUT2D eigenvalue weighted by molar-refractivity contribution is -0.122. The Morgan fingerprint density at radius 1 is 1.12 bits per heavy atom. The van der Waals surface area contributed by atoms with Crippen LogP contribution in [0.15, 0.2) is 42.5 Å². The molecule has 5 nitrogen and oxygen atoms in total. The number of nitrogens with one attached hydrogen (secondary N) is 1. The van der Waals surface area contributed by atoms with Crippen LogP contribution in [-0.2, 0) is 9.53 Å². The Morgan fingerprint density at radius 2 is 1.84 bits per heavy atom. The molecule has 2 rings (SSSR count). The van der Waals surface area contributed by atoms with Gasteiger partial charge in [0, 0.05) is 0 Å². The molecule has 0 saturated heterocycles. The second kappa shape index (κ2) is 8.33. The Balaban J connectivity index is 2.10. The zero-order valence-electron chi connectivity index (χ0n) is 15.0. The monoisotopic (exact) mass is 341 g/mol. The third-order valence-corrected chi connectivity index (χ3v) is 3.68. The number of benzene rings is 2. The van der Waals surface area contributed by atoms with Crippen LogP contribution in [0.5, 0.6) is 5.75 Å². The first-order chi connectivity index (χ1) is 11.9. The molecule has 0 aliphatic heterocycles. The molecule has 0 saturated carbocycles. The molecule has 0 bridgehead atoms. The number of rotatable bonds is 6. The van der Waals surface area contributed by atoms with E-state index in [9.17, 15) is 9.59 Å². The van der Waals surface area contributed by atoms with E-state index >= 15 is 0 Å². The fourth-order valence-corrected chi connectivity index (χ4v) is 2.39. The summed E-state index contributed by atoms with van der Waals surface area (Å²) in [5.41, 5.74) is 2.82. The minimum atomic E-state index is -0.711. The van der Waals surface area contributed by atoms with E-state index in [-0.39, 0.29) is 12.5 Å². The average molecular weight is 341 g/mol. The Morgan fingerprint density at radius 3 is 2.52 bits per heavy atom. The van der Waals surface area contributed by atoms with Crippen molar-refractivity contribution < 1.29 is 19.1 Å². The maximum absolute atomic E-state index is 12.4. The fraction of sp³-hybridized carbons (Fsp3) is 0.300. The lowest BCUT2D eigenvalue weighted by Gasteiger charge is -2.17. The summed E-state index contributed by atoms with van der Waals surface area (Å²) in [7, 11) is 0. The summed E-state index contributed by atoms with van der Waals surface area (Å²) in [5.74, 6) is -0.148. The topological polar surface area (TPSA) is 64.6 Å². The molecule has 1 amide bonds. The van der Waals surface area contributed by atoms with Gasteiger partial charge >= 0.3 is 5.97 Å². The van der Waals surface area contributed by atoms with Gasteiger partial charge in [0.05, 0.1) is 17.9 Å². The number of amides is 1. The largest absolute Gasteiger partial charge is 0.481 e. The van der Waals surface area contributed by atoms with Crippen molar-refractivity contribution in [2.45, 2.75) is 33.8 Å². The molecule has 2 aromatic rings. The Labute approximate surface area is 148 Å². The number of carbonyl (C=O) groups excluding carboxylic acids is 2. The van der Waals surface area contributed by atoms with Crippen molar-refractivity contribution in [2.75, 3.05) is 11.9 Å². The second-order valence-electron chi connectivity index (χ2n) is 5.78. The van der Waals surface area contributed by atoms with Crippen LogP contribution in [0.4, 0.5) is 5.69 Å². The molecule has 0 aromatic heterocycles. The SMILES string of the molecule is CCOC(=O)c1ccccc1NC(=O)C(C)Oc1ccc(C)cc1C. The van der Waals surface area contributed by atoms with E-state index in [2.05, 4.69) is 5.32 Å². The molecular formula is C20H23NO4. The molecule has 1 N–H and O–H groups in total. The summed E-state index contributed by atoms with van der Waals surface area (Å²) in [6.45, 7) is 7.61. The predicted molar refractivity (Wildman–Crippen MR) is 97.0 cm³/mol. The number of para-hydroxylation sites is 1. The highest BCUT2D eigenvalue weighted by Crippen LogP contribution is 2.21. The van der Waals surface area contributed by atoms with Gasteiger partial charge in [0.1, 0.15) is 5.75 Å². The van der Waals surface area contributed by atoms with E-state index in [1.165, 1.54) is 0 Å². The van der Waals surface area contributed by atoms with Gasteiger partial charge in [-0.05, 0) is 51.5 Å². The maximum Gasteiger partial charge on any atom is 0.340 e. The number of hydrogen-bond acceptors (Lipinski definition) is 4. The van der Waals surface area contributed by atoms with Crippen molar-refractivity contribution in [2.24, 2.45) is 0 Å². The Bertz CT molecular complexity index is 770. The molecule has 0 spiro atoms. The summed E-state index contributed by atoms with van der Waals surface area (Å²) < 4.78 is 10.8. The highest BCUT2D eigenvalue weighted by atomic mass is 16.5. The first-order valence-corrected chi connectivity index (χ1v) is 8.23. The van der Waals surface area contributed by atoms with Gasteiger partial charge in [0.2, 0.25) is 0 Å². The molecule has 1 unspecified atom stereocenters. The molecule has 0 radical (unpaired) electrons. The minimum absolute atomic E-state index is 0.271. The first kappa shape index (κ1) is 18.5. The van der Waals surface area contributed by atoms with Crippen LogP contribution < -0.4 is 10.1 Å². The van der Waals surface area contributed by atoms with Crippen molar-refractivity contribution in [1.29, 1.82) is 0 Å². The molecule has 0 fully saturated rings. The Hall–Kier alpha value is -2.82. The highest BCUT2D eigenvalue weighted by Gasteiger charge is 2.19. The number of carbonyl (C=O) groups is 2. The summed E-state index contributed by atoms with van der Waals surface area (Å²) in [6, 6.07) is 12.5. The van der Waals surface area contributed by atoms with Crippen molar-refractivity contribution in [1.82, 2.24) is 0 Å². The van der Waals surface area contributed by atoms with Gasteiger partial charge in [-0.3, -0.25) is 4.79 Å². The van der Waals surface area contributed by atoms with Gasteiger partial charge < -0.3 is 14.8 Å². The zero-order valence-corrected chi connectivity index (χ0v) is 15.0. The van der Waals surface area contributed by atoms with E-state index < -0.39 is 12.1 Å². The maximum atomic E-state index is 12.4. The van der Waals surface area contributed by atoms with Crippen molar-refractivity contribution in [3.63, 3.8) is 0 Å². The van der Waals surface area contributed by atoms with Crippen molar-refractivity contribution >= 4 is 17.6 Å². The molecule has 25 heavy (non-hydrogen) atoms. The van der Waals surface area contributed by atoms with Crippen LogP contribution >= 0.6 is 0 Å². The molecule has 1 atom stereocenters. The highest BCUT2D eigenvalue weighted by molar-refractivity contribution is 6.02. The lowest BCUT2D eigenvalue weighted by atomic mass is 10.1. The molecule has 2 aromatic carbocycles. The van der Waals surface area contributed by atoms with Crippen LogP contribution in [0.2, 0.25) is 0 Å². The van der Waals surface area contributed by atoms with Gasteiger partial charge in [-0.2, -0.15) is 0 Å². The molecule has 5 heteroatoms. The van der Waals surface area contributed by atoms with Crippen molar-refractivity contribution in [3.05, 3.63) is 59.2 Å². The van der Waals surface area contributed by atoms with Gasteiger partial charge in [-0.25, -0.2) is 4.79 Å². The van der Waals surface area contributed by atoms with Crippen LogP contribution in [-0.4, -0.2) is 24.6 Å². The average Bonchev–Trinajstić information content (AvgIpc) is 2.58. The van der Waals surface area contributed by atoms with Gasteiger partial charge in [0.15, 0.2) is 6.10 Å². The molecular weight excluding hydrogens is 318 g/mol. The number of ether oxygens (including phenoxy) is 2. The number of anilines is 1. The molecule has 0 heterocycles. The Kier molecular flexibility index (Phi) is 6.17. The predicted octanol–water partition coefficient (Wildman–Crippen LogP) is 3.89.